The molecule has 0 bridgehead atoms. The maximum Gasteiger partial charge on any atom is 0.417 e. The molecule has 7 nitrogen and oxygen atoms in total. The van der Waals surface area contributed by atoms with Crippen molar-refractivity contribution < 1.29 is 22.8 Å². The minimum Gasteiger partial charge on any atom is -0.350 e. The molecule has 28 heavy (non-hydrogen) atoms. The molecule has 0 atom stereocenters. The topological polar surface area (TPSA) is 80.1 Å². The summed E-state index contributed by atoms with van der Waals surface area (Å²) in [5.74, 6) is -0.588. The van der Waals surface area contributed by atoms with Crippen LogP contribution in [0.1, 0.15) is 42.4 Å². The van der Waals surface area contributed by atoms with Crippen LogP contribution in [0.4, 0.5) is 13.2 Å². The summed E-state index contributed by atoms with van der Waals surface area (Å²) in [4.78, 5) is 29.6. The first-order valence-corrected chi connectivity index (χ1v) is 8.44. The molecule has 1 N–H and O–H groups in total. The number of aromatic nitrogens is 3. The predicted octanol–water partition coefficient (Wildman–Crippen LogP) is 2.58. The summed E-state index contributed by atoms with van der Waals surface area (Å²) in [6.07, 6.45) is -2.47. The molecule has 0 aliphatic rings. The van der Waals surface area contributed by atoms with Crippen molar-refractivity contribution in [1.82, 2.24) is 25.0 Å². The molecule has 10 heteroatoms. The average Bonchev–Trinajstić information content (AvgIpc) is 2.93. The monoisotopic (exact) mass is 397 g/mol. The van der Waals surface area contributed by atoms with E-state index in [1.165, 1.54) is 28.9 Å². The Kier molecular flexibility index (Phi) is 5.81. The SMILES string of the molecule is Cc1c(C(=O)N(C)CC(=O)NC(C)(C)C)cnn1-c1ccc(C(F)(F)F)cn1. The molecule has 2 aromatic heterocycles. The molecule has 2 heterocycles. The van der Waals surface area contributed by atoms with Crippen LogP contribution >= 0.6 is 0 Å². The van der Waals surface area contributed by atoms with Gasteiger partial charge in [-0.2, -0.15) is 18.3 Å². The summed E-state index contributed by atoms with van der Waals surface area (Å²) in [5.41, 5.74) is -0.661. The molecule has 0 aliphatic heterocycles. The lowest BCUT2D eigenvalue weighted by molar-refractivity contribution is -0.137. The summed E-state index contributed by atoms with van der Waals surface area (Å²) in [6, 6.07) is 2.07. The number of alkyl halides is 3. The summed E-state index contributed by atoms with van der Waals surface area (Å²) in [7, 11) is 1.48. The van der Waals surface area contributed by atoms with Gasteiger partial charge in [-0.05, 0) is 39.8 Å². The number of halogens is 3. The van der Waals surface area contributed by atoms with Gasteiger partial charge in [-0.3, -0.25) is 9.59 Å². The molecule has 0 unspecified atom stereocenters. The minimum atomic E-state index is -4.48. The molecule has 2 rings (SSSR count). The summed E-state index contributed by atoms with van der Waals surface area (Å²) in [6.45, 7) is 6.95. The van der Waals surface area contributed by atoms with Crippen LogP contribution < -0.4 is 5.32 Å². The van der Waals surface area contributed by atoms with Gasteiger partial charge in [-0.25, -0.2) is 9.67 Å². The smallest absolute Gasteiger partial charge is 0.350 e. The fourth-order valence-corrected chi connectivity index (χ4v) is 2.48. The molecule has 0 saturated heterocycles. The zero-order valence-corrected chi connectivity index (χ0v) is 16.3. The zero-order chi connectivity index (χ0) is 21.3. The van der Waals surface area contributed by atoms with Crippen LogP contribution in [0.5, 0.6) is 0 Å². The molecule has 2 amide bonds. The number of rotatable bonds is 4. The maximum absolute atomic E-state index is 12.7. The number of carbonyl (C=O) groups excluding carboxylic acids is 2. The number of carbonyl (C=O) groups is 2. The van der Waals surface area contributed by atoms with Crippen LogP contribution in [-0.4, -0.2) is 50.6 Å². The van der Waals surface area contributed by atoms with Crippen LogP contribution in [0.2, 0.25) is 0 Å². The van der Waals surface area contributed by atoms with Crippen molar-refractivity contribution in [1.29, 1.82) is 0 Å². The third-order valence-electron chi connectivity index (χ3n) is 3.77. The lowest BCUT2D eigenvalue weighted by Crippen LogP contribution is -2.46. The second kappa shape index (κ2) is 7.61. The van der Waals surface area contributed by atoms with E-state index in [9.17, 15) is 22.8 Å². The van der Waals surface area contributed by atoms with E-state index in [-0.39, 0.29) is 23.8 Å². The first-order valence-electron chi connectivity index (χ1n) is 8.44. The normalized spacial score (nSPS) is 12.0. The fourth-order valence-electron chi connectivity index (χ4n) is 2.48. The molecule has 2 aromatic rings. The van der Waals surface area contributed by atoms with E-state index in [2.05, 4.69) is 15.4 Å². The number of hydrogen-bond donors (Lipinski definition) is 1. The van der Waals surface area contributed by atoms with E-state index in [0.717, 1.165) is 6.07 Å². The van der Waals surface area contributed by atoms with Gasteiger partial charge in [0, 0.05) is 18.8 Å². The van der Waals surface area contributed by atoms with Gasteiger partial charge in [-0.1, -0.05) is 0 Å². The third-order valence-corrected chi connectivity index (χ3v) is 3.77. The van der Waals surface area contributed by atoms with Crippen LogP contribution in [0.15, 0.2) is 24.5 Å². The Morgan fingerprint density at radius 3 is 2.32 bits per heavy atom. The highest BCUT2D eigenvalue weighted by Crippen LogP contribution is 2.28. The summed E-state index contributed by atoms with van der Waals surface area (Å²) in [5, 5.41) is 6.81. The predicted molar refractivity (Wildman–Crippen MR) is 96.0 cm³/mol. The summed E-state index contributed by atoms with van der Waals surface area (Å²) >= 11 is 0. The zero-order valence-electron chi connectivity index (χ0n) is 16.3. The van der Waals surface area contributed by atoms with E-state index in [0.29, 0.717) is 11.9 Å². The van der Waals surface area contributed by atoms with Gasteiger partial charge in [0.2, 0.25) is 5.91 Å². The van der Waals surface area contributed by atoms with Crippen molar-refractivity contribution in [2.75, 3.05) is 13.6 Å². The molecule has 152 valence electrons. The Hall–Kier alpha value is -2.91. The van der Waals surface area contributed by atoms with Gasteiger partial charge in [0.25, 0.3) is 5.91 Å². The van der Waals surface area contributed by atoms with Crippen molar-refractivity contribution in [2.45, 2.75) is 39.4 Å². The van der Waals surface area contributed by atoms with Gasteiger partial charge in [0.15, 0.2) is 5.82 Å². The van der Waals surface area contributed by atoms with Crippen LogP contribution in [0.3, 0.4) is 0 Å². The highest BCUT2D eigenvalue weighted by molar-refractivity contribution is 5.97. The Morgan fingerprint density at radius 1 is 1.18 bits per heavy atom. The van der Waals surface area contributed by atoms with E-state index in [4.69, 9.17) is 0 Å². The van der Waals surface area contributed by atoms with Gasteiger partial charge in [0.05, 0.1) is 29.6 Å². The number of hydrogen-bond acceptors (Lipinski definition) is 4. The quantitative estimate of drug-likeness (QED) is 0.860. The first-order chi connectivity index (χ1) is 12.8. The van der Waals surface area contributed by atoms with E-state index >= 15 is 0 Å². The molecule has 0 fully saturated rings. The summed E-state index contributed by atoms with van der Waals surface area (Å²) < 4.78 is 39.3. The number of likely N-dealkylation sites (N-methyl/N-ethyl adjacent to an activating group) is 1. The van der Waals surface area contributed by atoms with Crippen molar-refractivity contribution >= 4 is 11.8 Å². The van der Waals surface area contributed by atoms with Crippen LogP contribution in [0, 0.1) is 6.92 Å². The van der Waals surface area contributed by atoms with Crippen molar-refractivity contribution in [3.05, 3.63) is 41.3 Å². The highest BCUT2D eigenvalue weighted by Gasteiger charge is 2.31. The van der Waals surface area contributed by atoms with Crippen LogP contribution in [-0.2, 0) is 11.0 Å². The number of pyridine rings is 1. The van der Waals surface area contributed by atoms with Gasteiger partial charge < -0.3 is 10.2 Å². The minimum absolute atomic E-state index is 0.140. The Morgan fingerprint density at radius 2 is 1.82 bits per heavy atom. The molecule has 0 aliphatic carbocycles. The number of nitrogens with zero attached hydrogens (tertiary/aromatic N) is 4. The molecule has 0 saturated carbocycles. The average molecular weight is 397 g/mol. The van der Waals surface area contributed by atoms with Crippen molar-refractivity contribution in [3.63, 3.8) is 0 Å². The van der Waals surface area contributed by atoms with Gasteiger partial charge in [-0.15, -0.1) is 0 Å². The second-order valence-electron chi connectivity index (χ2n) is 7.42. The van der Waals surface area contributed by atoms with E-state index in [1.807, 2.05) is 20.8 Å². The van der Waals surface area contributed by atoms with E-state index in [1.54, 1.807) is 6.92 Å². The van der Waals surface area contributed by atoms with Gasteiger partial charge in [0.1, 0.15) is 0 Å². The molecular weight excluding hydrogens is 375 g/mol. The first kappa shape index (κ1) is 21.4. The number of nitrogens with one attached hydrogen (secondary N) is 1. The van der Waals surface area contributed by atoms with Crippen molar-refractivity contribution in [3.8, 4) is 5.82 Å². The third kappa shape index (κ3) is 5.08. The maximum atomic E-state index is 12.7. The molecule has 0 radical (unpaired) electrons. The number of amides is 2. The Bertz CT molecular complexity index is 867. The van der Waals surface area contributed by atoms with Crippen LogP contribution in [0.25, 0.3) is 5.82 Å². The Labute approximate surface area is 160 Å². The van der Waals surface area contributed by atoms with E-state index < -0.39 is 23.2 Å². The Balaban J connectivity index is 2.17. The highest BCUT2D eigenvalue weighted by atomic mass is 19.4. The largest absolute Gasteiger partial charge is 0.417 e. The lowest BCUT2D eigenvalue weighted by Gasteiger charge is -2.23. The standard InChI is InChI=1S/C18H22F3N5O2/c1-11-13(16(28)25(5)10-15(27)24-17(2,3)4)9-23-26(11)14-7-6-12(8-22-14)18(19,20)21/h6-9H,10H2,1-5H3,(H,24,27). The lowest BCUT2D eigenvalue weighted by atomic mass is 10.1. The second-order valence-corrected chi connectivity index (χ2v) is 7.42. The fraction of sp³-hybridized carbons (Fsp3) is 0.444. The molecule has 0 aromatic carbocycles. The molecular formula is C18H22F3N5O2. The molecule has 0 spiro atoms. The van der Waals surface area contributed by atoms with Gasteiger partial charge >= 0.3 is 6.18 Å². The van der Waals surface area contributed by atoms with Crippen molar-refractivity contribution in [2.24, 2.45) is 0 Å².